The third-order valence-corrected chi connectivity index (χ3v) is 10.3. The number of nitrogens with zero attached hydrogens (tertiary/aromatic N) is 2. The first kappa shape index (κ1) is 36.4. The summed E-state index contributed by atoms with van der Waals surface area (Å²) in [6.07, 6.45) is -1.54. The van der Waals surface area contributed by atoms with E-state index in [9.17, 15) is 24.6 Å². The summed E-state index contributed by atoms with van der Waals surface area (Å²) < 4.78 is 18.6. The quantitative estimate of drug-likeness (QED) is 0.177. The van der Waals surface area contributed by atoms with Gasteiger partial charge in [0.15, 0.2) is 6.29 Å². The number of carbonyl (C=O) groups is 3. The zero-order valence-corrected chi connectivity index (χ0v) is 29.7. The molecule has 4 aromatic carbocycles. The smallest absolute Gasteiger partial charge is 0.408 e. The Hall–Kier alpha value is -4.91. The average Bonchev–Trinajstić information content (AvgIpc) is 3.71. The third-order valence-electron chi connectivity index (χ3n) is 10.3. The first-order valence-electron chi connectivity index (χ1n) is 18.2. The van der Waals surface area contributed by atoms with Crippen molar-refractivity contribution < 1.29 is 38.8 Å². The van der Waals surface area contributed by atoms with Crippen LogP contribution in [0.15, 0.2) is 103 Å². The van der Waals surface area contributed by atoms with Crippen molar-refractivity contribution >= 4 is 17.9 Å². The molecule has 276 valence electrons. The van der Waals surface area contributed by atoms with Gasteiger partial charge >= 0.3 is 6.09 Å². The lowest BCUT2D eigenvalue weighted by Gasteiger charge is -2.42. The standard InChI is InChI=1S/C42H45N3O8/c1-27-37(24-44-18-17-35(47)23-44)52-41(53-39(27)31-15-13-28(25-46)14-16-31)34-12-6-11-33(20-34)32-10-5-9-30(19-32)22-45-38(48)21-36(40(45)49)43-42(50)51-26-29-7-3-2-4-8-29/h2-16,19-20,27,35-37,39,41,46-47H,17-18,21-26H2,1H3,(H,43,50)/t27-,35-,36?,37+,39+,41+/m0/s1. The molecular weight excluding hydrogens is 674 g/mol. The molecule has 3 saturated heterocycles. The molecule has 0 bridgehead atoms. The molecule has 3 aliphatic heterocycles. The van der Waals surface area contributed by atoms with Crippen LogP contribution in [0.1, 0.15) is 60.0 Å². The maximum Gasteiger partial charge on any atom is 0.408 e. The number of aliphatic hydroxyl groups is 2. The molecule has 53 heavy (non-hydrogen) atoms. The van der Waals surface area contributed by atoms with Crippen LogP contribution in [0.2, 0.25) is 0 Å². The van der Waals surface area contributed by atoms with Crippen LogP contribution in [-0.2, 0) is 43.6 Å². The van der Waals surface area contributed by atoms with Gasteiger partial charge < -0.3 is 29.7 Å². The van der Waals surface area contributed by atoms with Crippen LogP contribution in [0.5, 0.6) is 0 Å². The second-order valence-electron chi connectivity index (χ2n) is 14.1. The number of amides is 3. The van der Waals surface area contributed by atoms with Gasteiger partial charge in [0, 0.05) is 31.1 Å². The fourth-order valence-corrected chi connectivity index (χ4v) is 7.33. The fraction of sp³-hybridized carbons (Fsp3) is 0.357. The van der Waals surface area contributed by atoms with Crippen molar-refractivity contribution in [3.63, 3.8) is 0 Å². The highest BCUT2D eigenvalue weighted by atomic mass is 16.7. The molecule has 3 fully saturated rings. The first-order valence-corrected chi connectivity index (χ1v) is 18.2. The summed E-state index contributed by atoms with van der Waals surface area (Å²) in [6, 6.07) is 31.7. The van der Waals surface area contributed by atoms with Crippen LogP contribution in [0.3, 0.4) is 0 Å². The predicted octanol–water partition coefficient (Wildman–Crippen LogP) is 5.26. The van der Waals surface area contributed by atoms with Gasteiger partial charge in [-0.05, 0) is 51.9 Å². The molecule has 3 heterocycles. The molecule has 6 atom stereocenters. The number of likely N-dealkylation sites (tertiary alicyclic amines) is 2. The van der Waals surface area contributed by atoms with E-state index in [-0.39, 0.29) is 56.3 Å². The molecule has 4 aromatic rings. The third kappa shape index (κ3) is 8.67. The van der Waals surface area contributed by atoms with E-state index < -0.39 is 24.3 Å². The highest BCUT2D eigenvalue weighted by Gasteiger charge is 2.41. The van der Waals surface area contributed by atoms with Crippen LogP contribution < -0.4 is 5.32 Å². The summed E-state index contributed by atoms with van der Waals surface area (Å²) in [6.45, 7) is 4.33. The minimum Gasteiger partial charge on any atom is -0.445 e. The van der Waals surface area contributed by atoms with Gasteiger partial charge in [0.25, 0.3) is 5.91 Å². The molecule has 11 heteroatoms. The summed E-state index contributed by atoms with van der Waals surface area (Å²) in [5.74, 6) is -0.817. The summed E-state index contributed by atoms with van der Waals surface area (Å²) >= 11 is 0. The number of hydrogen-bond donors (Lipinski definition) is 3. The number of carbonyl (C=O) groups excluding carboxylic acids is 3. The number of rotatable bonds is 11. The van der Waals surface area contributed by atoms with Gasteiger partial charge in [-0.25, -0.2) is 4.79 Å². The Labute approximate surface area is 309 Å². The van der Waals surface area contributed by atoms with Gasteiger partial charge in [0.2, 0.25) is 5.91 Å². The topological polar surface area (TPSA) is 138 Å². The minimum absolute atomic E-state index is 0.0228. The Morgan fingerprint density at radius 3 is 2.34 bits per heavy atom. The number of β-amino-alcohol motifs (C(OH)–C–C–N with tert-alkyl or cyclic N) is 1. The van der Waals surface area contributed by atoms with Crippen molar-refractivity contribution in [2.75, 3.05) is 19.6 Å². The van der Waals surface area contributed by atoms with Crippen LogP contribution in [-0.4, -0.2) is 75.8 Å². The molecule has 0 aromatic heterocycles. The van der Waals surface area contributed by atoms with Crippen molar-refractivity contribution in [3.8, 4) is 11.1 Å². The Morgan fingerprint density at radius 1 is 0.868 bits per heavy atom. The van der Waals surface area contributed by atoms with Crippen LogP contribution in [0.4, 0.5) is 4.79 Å². The predicted molar refractivity (Wildman–Crippen MR) is 196 cm³/mol. The molecule has 1 unspecified atom stereocenters. The van der Waals surface area contributed by atoms with E-state index in [0.29, 0.717) is 13.1 Å². The summed E-state index contributed by atoms with van der Waals surface area (Å²) in [5, 5.41) is 22.3. The highest BCUT2D eigenvalue weighted by molar-refractivity contribution is 6.06. The molecule has 0 radical (unpaired) electrons. The van der Waals surface area contributed by atoms with Gasteiger partial charge in [-0.15, -0.1) is 0 Å². The molecule has 3 amide bonds. The lowest BCUT2D eigenvalue weighted by Crippen LogP contribution is -2.44. The van der Waals surface area contributed by atoms with Crippen molar-refractivity contribution in [2.45, 2.75) is 70.2 Å². The van der Waals surface area contributed by atoms with Gasteiger partial charge in [-0.2, -0.15) is 0 Å². The molecule has 3 N–H and O–H groups in total. The van der Waals surface area contributed by atoms with Crippen LogP contribution in [0, 0.1) is 5.92 Å². The lowest BCUT2D eigenvalue weighted by atomic mass is 9.90. The number of aliphatic hydroxyl groups excluding tert-OH is 2. The Bertz CT molecular complexity index is 1900. The summed E-state index contributed by atoms with van der Waals surface area (Å²) in [7, 11) is 0. The molecule has 0 spiro atoms. The largest absolute Gasteiger partial charge is 0.445 e. The van der Waals surface area contributed by atoms with Crippen molar-refractivity contribution in [1.82, 2.24) is 15.1 Å². The van der Waals surface area contributed by atoms with Crippen LogP contribution >= 0.6 is 0 Å². The number of nitrogens with one attached hydrogen (secondary N) is 1. The molecule has 0 aliphatic carbocycles. The second-order valence-corrected chi connectivity index (χ2v) is 14.1. The summed E-state index contributed by atoms with van der Waals surface area (Å²) in [5.41, 5.74) is 6.07. The zero-order chi connectivity index (χ0) is 36.9. The Kier molecular flexibility index (Phi) is 11.3. The Balaban J connectivity index is 1.04. The normalized spacial score (nSPS) is 24.8. The molecule has 0 saturated carbocycles. The van der Waals surface area contributed by atoms with E-state index in [4.69, 9.17) is 14.2 Å². The second kappa shape index (κ2) is 16.4. The minimum atomic E-state index is -0.986. The van der Waals surface area contributed by atoms with Gasteiger partial charge in [0.1, 0.15) is 12.6 Å². The number of benzene rings is 4. The summed E-state index contributed by atoms with van der Waals surface area (Å²) in [4.78, 5) is 42.0. The van der Waals surface area contributed by atoms with Crippen LogP contribution in [0.25, 0.3) is 11.1 Å². The van der Waals surface area contributed by atoms with Gasteiger partial charge in [-0.3, -0.25) is 19.4 Å². The van der Waals surface area contributed by atoms with Gasteiger partial charge in [0.05, 0.1) is 37.9 Å². The van der Waals surface area contributed by atoms with E-state index in [1.807, 2.05) is 103 Å². The molecule has 11 nitrogen and oxygen atoms in total. The Morgan fingerprint density at radius 2 is 1.60 bits per heavy atom. The van der Waals surface area contributed by atoms with Crippen molar-refractivity contribution in [1.29, 1.82) is 0 Å². The number of imide groups is 1. The molecule has 3 aliphatic rings. The highest BCUT2D eigenvalue weighted by Crippen LogP contribution is 2.42. The molecular formula is C42H45N3O8. The SMILES string of the molecule is C[C@H]1[C@@H](CN2CC[C@H](O)C2)O[C@@H](c2cccc(-c3cccc(CN4C(=O)CC(NC(=O)OCc5ccccc5)C4=O)c3)c2)O[C@H]1c1ccc(CO)cc1. The monoisotopic (exact) mass is 719 g/mol. The maximum absolute atomic E-state index is 13.2. The lowest BCUT2D eigenvalue weighted by molar-refractivity contribution is -0.276. The first-order chi connectivity index (χ1) is 25.7. The van der Waals surface area contributed by atoms with E-state index in [2.05, 4.69) is 17.1 Å². The number of alkyl carbamates (subject to hydrolysis) is 1. The number of hydrogen-bond acceptors (Lipinski definition) is 9. The van der Waals surface area contributed by atoms with Gasteiger partial charge in [-0.1, -0.05) is 97.9 Å². The zero-order valence-electron chi connectivity index (χ0n) is 29.7. The molecule has 7 rings (SSSR count). The van der Waals surface area contributed by atoms with E-state index in [1.54, 1.807) is 0 Å². The maximum atomic E-state index is 13.2. The van der Waals surface area contributed by atoms with E-state index >= 15 is 0 Å². The van der Waals surface area contributed by atoms with Crippen molar-refractivity contribution in [2.24, 2.45) is 5.92 Å². The average molecular weight is 720 g/mol. The van der Waals surface area contributed by atoms with E-state index in [1.165, 1.54) is 4.90 Å². The van der Waals surface area contributed by atoms with E-state index in [0.717, 1.165) is 51.9 Å². The fourth-order valence-electron chi connectivity index (χ4n) is 7.33. The van der Waals surface area contributed by atoms with Crippen molar-refractivity contribution in [3.05, 3.63) is 131 Å². The number of ether oxygens (including phenoxy) is 3.